The number of hydrogen-bond donors (Lipinski definition) is 1. The van der Waals surface area contributed by atoms with Gasteiger partial charge >= 0.3 is 6.18 Å². The molecule has 1 aliphatic carbocycles. The van der Waals surface area contributed by atoms with Crippen molar-refractivity contribution >= 4 is 11.6 Å². The number of nitrogens with zero attached hydrogens (tertiary/aromatic N) is 2. The lowest BCUT2D eigenvalue weighted by Gasteiger charge is -2.34. The zero-order valence-electron chi connectivity index (χ0n) is 17.4. The molecular weight excluding hydrogens is 419 g/mol. The number of hydrogen-bond acceptors (Lipinski definition) is 4. The SMILES string of the molecule is COc1ccc(C2=CN3C=CN(CC4(c5ccc(C(F)(F)F)cc5)CC4)C(=O)C3N2)cc1. The molecule has 1 N–H and O–H groups in total. The molecule has 1 fully saturated rings. The van der Waals surface area contributed by atoms with Crippen molar-refractivity contribution in [1.29, 1.82) is 0 Å². The minimum Gasteiger partial charge on any atom is -0.497 e. The van der Waals surface area contributed by atoms with E-state index in [4.69, 9.17) is 4.74 Å². The predicted molar refractivity (Wildman–Crippen MR) is 113 cm³/mol. The van der Waals surface area contributed by atoms with Gasteiger partial charge in [0.05, 0.1) is 18.4 Å². The van der Waals surface area contributed by atoms with Crippen molar-refractivity contribution in [2.45, 2.75) is 30.6 Å². The molecule has 2 heterocycles. The van der Waals surface area contributed by atoms with Gasteiger partial charge in [0, 0.05) is 30.6 Å². The Labute approximate surface area is 183 Å². The Bertz CT molecular complexity index is 1090. The van der Waals surface area contributed by atoms with Crippen LogP contribution in [0.25, 0.3) is 5.70 Å². The van der Waals surface area contributed by atoms with Crippen LogP contribution in [0.1, 0.15) is 29.5 Å². The van der Waals surface area contributed by atoms with Crippen LogP contribution in [0.2, 0.25) is 0 Å². The number of carbonyl (C=O) groups is 1. The van der Waals surface area contributed by atoms with Crippen LogP contribution in [0.3, 0.4) is 0 Å². The van der Waals surface area contributed by atoms with Crippen molar-refractivity contribution in [2.75, 3.05) is 13.7 Å². The molecule has 2 aromatic carbocycles. The largest absolute Gasteiger partial charge is 0.497 e. The minimum atomic E-state index is -4.35. The van der Waals surface area contributed by atoms with Crippen LogP contribution in [0.15, 0.2) is 67.1 Å². The molecule has 0 aromatic heterocycles. The zero-order valence-corrected chi connectivity index (χ0v) is 17.4. The fourth-order valence-corrected chi connectivity index (χ4v) is 4.28. The van der Waals surface area contributed by atoms with Gasteiger partial charge in [-0.1, -0.05) is 12.1 Å². The van der Waals surface area contributed by atoms with E-state index in [-0.39, 0.29) is 11.3 Å². The molecule has 2 aliphatic heterocycles. The Balaban J connectivity index is 1.29. The van der Waals surface area contributed by atoms with Crippen molar-refractivity contribution in [2.24, 2.45) is 0 Å². The van der Waals surface area contributed by atoms with Crippen LogP contribution in [0, 0.1) is 0 Å². The molecule has 1 saturated carbocycles. The number of carbonyl (C=O) groups excluding carboxylic acids is 1. The molecule has 5 rings (SSSR count). The smallest absolute Gasteiger partial charge is 0.416 e. The van der Waals surface area contributed by atoms with Gasteiger partial charge in [0.1, 0.15) is 5.75 Å². The predicted octanol–water partition coefficient (Wildman–Crippen LogP) is 4.29. The van der Waals surface area contributed by atoms with Crippen molar-refractivity contribution in [3.63, 3.8) is 0 Å². The summed E-state index contributed by atoms with van der Waals surface area (Å²) >= 11 is 0. The van der Waals surface area contributed by atoms with E-state index in [1.165, 1.54) is 12.1 Å². The monoisotopic (exact) mass is 441 g/mol. The second-order valence-electron chi connectivity index (χ2n) is 8.39. The lowest BCUT2D eigenvalue weighted by atomic mass is 9.94. The van der Waals surface area contributed by atoms with E-state index in [1.54, 1.807) is 18.2 Å². The molecule has 1 unspecified atom stereocenters. The maximum absolute atomic E-state index is 13.2. The minimum absolute atomic E-state index is 0.0922. The van der Waals surface area contributed by atoms with Crippen molar-refractivity contribution in [1.82, 2.24) is 15.1 Å². The third-order valence-corrected chi connectivity index (χ3v) is 6.36. The van der Waals surface area contributed by atoms with E-state index in [9.17, 15) is 18.0 Å². The fourth-order valence-electron chi connectivity index (χ4n) is 4.28. The highest BCUT2D eigenvalue weighted by Gasteiger charge is 2.48. The first-order valence-corrected chi connectivity index (χ1v) is 10.4. The molecule has 8 heteroatoms. The van der Waals surface area contributed by atoms with Crippen LogP contribution >= 0.6 is 0 Å². The Morgan fingerprint density at radius 2 is 1.75 bits per heavy atom. The maximum atomic E-state index is 13.2. The first-order chi connectivity index (χ1) is 15.3. The Hall–Kier alpha value is -3.42. The summed E-state index contributed by atoms with van der Waals surface area (Å²) in [5, 5.41) is 3.28. The number of nitrogens with one attached hydrogen (secondary N) is 1. The van der Waals surface area contributed by atoms with Crippen LogP contribution in [0.5, 0.6) is 5.75 Å². The number of ether oxygens (including phenoxy) is 1. The highest BCUT2D eigenvalue weighted by molar-refractivity contribution is 5.87. The quantitative estimate of drug-likeness (QED) is 0.752. The van der Waals surface area contributed by atoms with Gasteiger partial charge < -0.3 is 19.9 Å². The van der Waals surface area contributed by atoms with Gasteiger partial charge in [-0.3, -0.25) is 4.79 Å². The maximum Gasteiger partial charge on any atom is 0.416 e. The number of benzene rings is 2. The number of halogens is 3. The summed E-state index contributed by atoms with van der Waals surface area (Å²) in [7, 11) is 1.61. The molecule has 3 aliphatic rings. The van der Waals surface area contributed by atoms with Crippen LogP contribution in [-0.2, 0) is 16.4 Å². The van der Waals surface area contributed by atoms with Crippen molar-refractivity contribution in [3.8, 4) is 5.75 Å². The number of methoxy groups -OCH3 is 1. The van der Waals surface area contributed by atoms with E-state index in [2.05, 4.69) is 5.32 Å². The normalized spacial score (nSPS) is 21.2. The molecule has 0 bridgehead atoms. The van der Waals surface area contributed by atoms with Crippen LogP contribution in [-0.4, -0.2) is 35.5 Å². The second kappa shape index (κ2) is 7.32. The van der Waals surface area contributed by atoms with Gasteiger partial charge in [0.2, 0.25) is 0 Å². The van der Waals surface area contributed by atoms with Gasteiger partial charge in [-0.2, -0.15) is 13.2 Å². The molecule has 5 nitrogen and oxygen atoms in total. The van der Waals surface area contributed by atoms with Gasteiger partial charge in [0.25, 0.3) is 5.91 Å². The number of fused-ring (bicyclic) bond motifs is 1. The topological polar surface area (TPSA) is 44.8 Å². The van der Waals surface area contributed by atoms with Gasteiger partial charge in [-0.25, -0.2) is 0 Å². The van der Waals surface area contributed by atoms with Crippen molar-refractivity contribution < 1.29 is 22.7 Å². The number of alkyl halides is 3. The summed E-state index contributed by atoms with van der Waals surface area (Å²) in [6.07, 6.45) is 2.27. The molecule has 2 aromatic rings. The van der Waals surface area contributed by atoms with E-state index >= 15 is 0 Å². The first kappa shape index (κ1) is 20.5. The van der Waals surface area contributed by atoms with E-state index < -0.39 is 17.9 Å². The van der Waals surface area contributed by atoms with Gasteiger partial charge in [0.15, 0.2) is 6.17 Å². The summed E-state index contributed by atoms with van der Waals surface area (Å²) in [6, 6.07) is 12.9. The van der Waals surface area contributed by atoms with Gasteiger partial charge in [-0.05, 0) is 60.4 Å². The molecule has 1 atom stereocenters. The lowest BCUT2D eigenvalue weighted by molar-refractivity contribution is -0.137. The average molecular weight is 441 g/mol. The van der Waals surface area contributed by atoms with E-state index in [0.29, 0.717) is 6.54 Å². The molecule has 0 spiro atoms. The Morgan fingerprint density at radius 1 is 1.06 bits per heavy atom. The molecule has 0 saturated heterocycles. The van der Waals surface area contributed by atoms with Crippen LogP contribution < -0.4 is 10.1 Å². The fraction of sp³-hybridized carbons (Fsp3) is 0.292. The standard InChI is InChI=1S/C24H22F3N3O2/c1-32-19-8-2-16(3-9-19)20-14-29-12-13-30(22(31)21(29)28-20)15-23(10-11-23)17-4-6-18(7-5-17)24(25,26)27/h2-9,12-14,21,28H,10-11,15H2,1H3. The highest BCUT2D eigenvalue weighted by Crippen LogP contribution is 2.49. The average Bonchev–Trinajstić information content (AvgIpc) is 3.44. The highest BCUT2D eigenvalue weighted by atomic mass is 19.4. The zero-order chi connectivity index (χ0) is 22.5. The second-order valence-corrected chi connectivity index (χ2v) is 8.39. The summed E-state index contributed by atoms with van der Waals surface area (Å²) in [6.45, 7) is 0.442. The molecule has 32 heavy (non-hydrogen) atoms. The van der Waals surface area contributed by atoms with Crippen LogP contribution in [0.4, 0.5) is 13.2 Å². The third-order valence-electron chi connectivity index (χ3n) is 6.36. The van der Waals surface area contributed by atoms with Crippen molar-refractivity contribution in [3.05, 3.63) is 83.8 Å². The molecule has 0 radical (unpaired) electrons. The first-order valence-electron chi connectivity index (χ1n) is 10.4. The van der Waals surface area contributed by atoms with E-state index in [1.807, 2.05) is 41.6 Å². The molecular formula is C24H22F3N3O2. The lowest BCUT2D eigenvalue weighted by Crippen LogP contribution is -2.52. The molecule has 1 amide bonds. The number of amides is 1. The molecule has 166 valence electrons. The third kappa shape index (κ3) is 3.59. The Kier molecular flexibility index (Phi) is 4.69. The summed E-state index contributed by atoms with van der Waals surface area (Å²) in [4.78, 5) is 16.7. The number of rotatable bonds is 5. The summed E-state index contributed by atoms with van der Waals surface area (Å²) in [5.41, 5.74) is 1.66. The summed E-state index contributed by atoms with van der Waals surface area (Å²) < 4.78 is 43.9. The van der Waals surface area contributed by atoms with Gasteiger partial charge in [-0.15, -0.1) is 0 Å². The Morgan fingerprint density at radius 3 is 2.34 bits per heavy atom. The van der Waals surface area contributed by atoms with E-state index in [0.717, 1.165) is 47.5 Å². The summed E-state index contributed by atoms with van der Waals surface area (Å²) in [5.74, 6) is 0.663.